The number of halogens is 2. The van der Waals surface area contributed by atoms with E-state index in [9.17, 15) is 0 Å². The fraction of sp³-hybridized carbons (Fsp3) is 0.300. The molecule has 2 aliphatic carbocycles. The van der Waals surface area contributed by atoms with Crippen molar-refractivity contribution in [1.82, 2.24) is 0 Å². The van der Waals surface area contributed by atoms with Crippen molar-refractivity contribution >= 4 is 35.3 Å². The Hall–Kier alpha value is -1.97. The second kappa shape index (κ2) is 12.3. The van der Waals surface area contributed by atoms with Crippen LogP contribution in [0.5, 0.6) is 0 Å². The zero-order valence-corrected chi connectivity index (χ0v) is 33.3. The van der Waals surface area contributed by atoms with Crippen LogP contribution in [0.1, 0.15) is 80.3 Å². The van der Waals surface area contributed by atoms with Gasteiger partial charge < -0.3 is 0 Å². The van der Waals surface area contributed by atoms with Crippen LogP contribution in [-0.4, -0.2) is 5.98 Å². The summed E-state index contributed by atoms with van der Waals surface area (Å²) in [5.74, 6) is -1.60. The topological polar surface area (TPSA) is 0 Å². The van der Waals surface area contributed by atoms with Gasteiger partial charge in [0.25, 0.3) is 0 Å². The van der Waals surface area contributed by atoms with Crippen LogP contribution in [0, 0.1) is 13.8 Å². The molecule has 0 N–H and O–H groups in total. The fourth-order valence-electron chi connectivity index (χ4n) is 8.29. The molecule has 0 amide bonds. The first-order chi connectivity index (χ1) is 21.1. The van der Waals surface area contributed by atoms with E-state index in [0.717, 1.165) is 25.7 Å². The third-order valence-electron chi connectivity index (χ3n) is 10.5. The zero-order valence-electron chi connectivity index (χ0n) is 27.1. The van der Waals surface area contributed by atoms with Gasteiger partial charge in [0.1, 0.15) is 0 Å². The predicted octanol–water partition coefficient (Wildman–Crippen LogP) is 12.8. The summed E-state index contributed by atoms with van der Waals surface area (Å²) in [4.78, 5) is 0. The first-order valence-electron chi connectivity index (χ1n) is 16.5. The van der Waals surface area contributed by atoms with Crippen LogP contribution >= 0.6 is 17.2 Å². The van der Waals surface area contributed by atoms with Gasteiger partial charge in [-0.1, -0.05) is 0 Å². The number of hydrogen-bond donors (Lipinski definition) is 0. The van der Waals surface area contributed by atoms with Crippen LogP contribution in [0.3, 0.4) is 0 Å². The molecule has 4 aromatic carbocycles. The average molecular weight is 803 g/mol. The third-order valence-corrected chi connectivity index (χ3v) is 83.3. The van der Waals surface area contributed by atoms with E-state index in [1.165, 1.54) is 66.8 Å². The van der Waals surface area contributed by atoms with Crippen molar-refractivity contribution in [3.63, 3.8) is 0 Å². The van der Waals surface area contributed by atoms with Crippen molar-refractivity contribution in [3.8, 4) is 22.3 Å². The van der Waals surface area contributed by atoms with Crippen molar-refractivity contribution in [2.75, 3.05) is 0 Å². The maximum atomic E-state index is 8.68. The summed E-state index contributed by atoms with van der Waals surface area (Å²) >= 11 is -4.95. The number of aryl methyl sites for hydroxylation is 2. The quantitative estimate of drug-likeness (QED) is 0.148. The first kappa shape index (κ1) is 32.0. The summed E-state index contributed by atoms with van der Waals surface area (Å²) in [5, 5.41) is 0. The molecule has 0 spiro atoms. The summed E-state index contributed by atoms with van der Waals surface area (Å²) in [6, 6.07) is 31.4. The van der Waals surface area contributed by atoms with Gasteiger partial charge in [-0.25, -0.2) is 0 Å². The van der Waals surface area contributed by atoms with Crippen molar-refractivity contribution in [1.29, 1.82) is 0 Å². The van der Waals surface area contributed by atoms with E-state index in [1.807, 2.05) is 0 Å². The summed E-state index contributed by atoms with van der Waals surface area (Å²) in [7, 11) is 17.4. The van der Waals surface area contributed by atoms with Crippen molar-refractivity contribution in [2.24, 2.45) is 0 Å². The molecule has 2 aliphatic rings. The normalized spacial score (nSPS) is 18.4. The second-order valence-corrected chi connectivity index (χ2v) is 72.7. The molecule has 0 saturated carbocycles. The molecule has 227 valence electrons. The number of allylic oxidation sites excluding steroid dienone is 2. The van der Waals surface area contributed by atoms with Gasteiger partial charge in [-0.15, -0.1) is 0 Å². The van der Waals surface area contributed by atoms with Gasteiger partial charge in [0.2, 0.25) is 0 Å². The second-order valence-electron chi connectivity index (χ2n) is 13.4. The monoisotopic (exact) mass is 803 g/mol. The molecule has 0 aromatic heterocycles. The Labute approximate surface area is 274 Å². The van der Waals surface area contributed by atoms with E-state index >= 15 is 0 Å². The molecule has 44 heavy (non-hydrogen) atoms. The van der Waals surface area contributed by atoms with Crippen LogP contribution in [0.25, 0.3) is 34.4 Å². The summed E-state index contributed by atoms with van der Waals surface area (Å²) in [6.45, 7) is 14.0. The van der Waals surface area contributed by atoms with E-state index in [0.29, 0.717) is 0 Å². The van der Waals surface area contributed by atoms with E-state index in [2.05, 4.69) is 138 Å². The van der Waals surface area contributed by atoms with Crippen LogP contribution < -0.4 is 0 Å². The SMILES string of the molecule is CCCC1=Cc2c(-c3ccccc3C)cccc2[CH]1[Hf]([Cl])([Cl])([CH]1C(CCC)=Cc2c(-c3ccccc3C)cccc21)[SiH](C)C. The van der Waals surface area contributed by atoms with E-state index in [-0.39, 0.29) is 7.35 Å². The number of fused-ring (bicyclic) bond motifs is 2. The van der Waals surface area contributed by atoms with Gasteiger partial charge in [0, 0.05) is 0 Å². The Balaban J connectivity index is 1.61. The Morgan fingerprint density at radius 2 is 0.955 bits per heavy atom. The van der Waals surface area contributed by atoms with E-state index < -0.39 is 21.3 Å². The molecule has 2 unspecified atom stereocenters. The van der Waals surface area contributed by atoms with E-state index in [1.54, 1.807) is 0 Å². The molecule has 0 heterocycles. The van der Waals surface area contributed by atoms with Crippen molar-refractivity contribution in [2.45, 2.75) is 73.8 Å². The first-order valence-corrected chi connectivity index (χ1v) is 38.6. The molecule has 2 atom stereocenters. The average Bonchev–Trinajstić information content (AvgIpc) is 3.57. The minimum atomic E-state index is -4.95. The van der Waals surface area contributed by atoms with Crippen LogP contribution in [0.15, 0.2) is 96.1 Å². The summed E-state index contributed by atoms with van der Waals surface area (Å²) in [6.07, 6.45) is 9.26. The number of rotatable bonds is 9. The van der Waals surface area contributed by atoms with Gasteiger partial charge in [-0.05, 0) is 0 Å². The van der Waals surface area contributed by atoms with Crippen LogP contribution in [0.4, 0.5) is 0 Å². The van der Waals surface area contributed by atoms with Gasteiger partial charge in [0.15, 0.2) is 0 Å². The Morgan fingerprint density at radius 1 is 0.568 bits per heavy atom. The van der Waals surface area contributed by atoms with Crippen molar-refractivity contribution in [3.05, 3.63) is 129 Å². The summed E-state index contributed by atoms with van der Waals surface area (Å²) < 4.78 is 0.276. The third kappa shape index (κ3) is 5.04. The molecule has 0 saturated heterocycles. The molecule has 0 radical (unpaired) electrons. The van der Waals surface area contributed by atoms with Crippen molar-refractivity contribution < 1.29 is 15.3 Å². The number of hydrogen-bond acceptors (Lipinski definition) is 0. The zero-order chi connectivity index (χ0) is 31.2. The van der Waals surface area contributed by atoms with Gasteiger partial charge in [0.05, 0.1) is 0 Å². The van der Waals surface area contributed by atoms with Crippen LogP contribution in [0.2, 0.25) is 13.1 Å². The molecule has 0 nitrogen and oxygen atoms in total. The van der Waals surface area contributed by atoms with Gasteiger partial charge in [-0.2, -0.15) is 0 Å². The Kier molecular flexibility index (Phi) is 8.96. The molecule has 0 bridgehead atoms. The predicted molar refractivity (Wildman–Crippen MR) is 195 cm³/mol. The maximum absolute atomic E-state index is 8.68. The molecule has 4 heteroatoms. The molecule has 0 fully saturated rings. The Morgan fingerprint density at radius 3 is 1.32 bits per heavy atom. The number of benzene rings is 4. The molecule has 4 aromatic rings. The molecular weight excluding hydrogens is 758 g/mol. The van der Waals surface area contributed by atoms with Crippen LogP contribution in [-0.2, 0) is 15.3 Å². The standard InChI is InChI=1S/2C19H19.C2H7Si.2ClH.Hf/c2*1-3-7-15-12-16-9-6-11-18(19(16)13-15)17-10-5-4-8-14(17)2;1-3-2;;;/h2*4-6,8-13H,3,7H2,1-2H3;3H,1-2H3;2*1H;/q;;;;;+2/p-2. The Bertz CT molecular complexity index is 1670. The molecule has 6 rings (SSSR count). The molecular formula is C40H45Cl2HfSi. The van der Waals surface area contributed by atoms with Gasteiger partial charge >= 0.3 is 276 Å². The molecule has 0 aliphatic heterocycles. The van der Waals surface area contributed by atoms with E-state index in [4.69, 9.17) is 17.2 Å². The summed E-state index contributed by atoms with van der Waals surface area (Å²) in [5.41, 5.74) is 16.3. The minimum absolute atomic E-state index is 0.138. The fourth-order valence-corrected chi connectivity index (χ4v) is 52.9. The van der Waals surface area contributed by atoms with Gasteiger partial charge in [-0.3, -0.25) is 0 Å².